The highest BCUT2D eigenvalue weighted by Crippen LogP contribution is 2.34. The van der Waals surface area contributed by atoms with Gasteiger partial charge in [-0.3, -0.25) is 4.79 Å². The molecule has 0 saturated carbocycles. The van der Waals surface area contributed by atoms with Crippen LogP contribution in [-0.2, 0) is 14.8 Å². The van der Waals surface area contributed by atoms with Crippen molar-refractivity contribution in [1.29, 1.82) is 0 Å². The highest BCUT2D eigenvalue weighted by Gasteiger charge is 2.41. The van der Waals surface area contributed by atoms with Crippen LogP contribution in [0.15, 0.2) is 47.4 Å². The van der Waals surface area contributed by atoms with Gasteiger partial charge >= 0.3 is 0 Å². The summed E-state index contributed by atoms with van der Waals surface area (Å²) in [5.41, 5.74) is 0.799. The lowest BCUT2D eigenvalue weighted by Crippen LogP contribution is -2.54. The molecule has 2 aliphatic rings. The molecule has 5 rings (SSSR count). The summed E-state index contributed by atoms with van der Waals surface area (Å²) in [7, 11) is -2.24. The first kappa shape index (κ1) is 23.3. The normalized spacial score (nSPS) is 19.6. The van der Waals surface area contributed by atoms with E-state index < -0.39 is 16.1 Å². The zero-order valence-corrected chi connectivity index (χ0v) is 21.1. The molecule has 3 aromatic rings. The maximum Gasteiger partial charge on any atom is 0.243 e. The molecule has 8 nitrogen and oxygen atoms in total. The fourth-order valence-electron chi connectivity index (χ4n) is 4.53. The first-order valence-electron chi connectivity index (χ1n) is 11.1. The Morgan fingerprint density at radius 1 is 1.09 bits per heavy atom. The van der Waals surface area contributed by atoms with Gasteiger partial charge in [0.15, 0.2) is 5.13 Å². The minimum absolute atomic E-state index is 0.124. The fraction of sp³-hybridized carbons (Fsp3) is 0.391. The largest absolute Gasteiger partial charge is 0.497 e. The lowest BCUT2D eigenvalue weighted by Gasteiger charge is -2.37. The van der Waals surface area contributed by atoms with Crippen LogP contribution < -0.4 is 9.64 Å². The molecule has 2 aromatic carbocycles. The van der Waals surface area contributed by atoms with Crippen LogP contribution in [-0.4, -0.2) is 74.4 Å². The molecule has 34 heavy (non-hydrogen) atoms. The summed E-state index contributed by atoms with van der Waals surface area (Å²) >= 11 is 7.86. The maximum atomic E-state index is 13.4. The number of amides is 1. The lowest BCUT2D eigenvalue weighted by molar-refractivity contribution is -0.134. The van der Waals surface area contributed by atoms with Crippen molar-refractivity contribution >= 4 is 54.2 Å². The molecule has 1 unspecified atom stereocenters. The number of carbonyl (C=O) groups is 1. The molecule has 0 spiro atoms. The SMILES string of the molecule is COc1ccc(S(=O)(=O)N2CCCC2C(=O)N2CCN(c3nc4c(Cl)cccc4s3)CC2)cc1. The van der Waals surface area contributed by atoms with E-state index in [1.54, 1.807) is 28.4 Å². The van der Waals surface area contributed by atoms with Gasteiger partial charge in [-0.15, -0.1) is 0 Å². The van der Waals surface area contributed by atoms with Crippen LogP contribution in [0.1, 0.15) is 12.8 Å². The predicted octanol–water partition coefficient (Wildman–Crippen LogP) is 3.46. The van der Waals surface area contributed by atoms with Crippen LogP contribution in [0, 0.1) is 0 Å². The number of methoxy groups -OCH3 is 1. The van der Waals surface area contributed by atoms with Crippen LogP contribution in [0.5, 0.6) is 5.75 Å². The van der Waals surface area contributed by atoms with Crippen molar-refractivity contribution in [1.82, 2.24) is 14.2 Å². The van der Waals surface area contributed by atoms with Gasteiger partial charge in [0, 0.05) is 32.7 Å². The van der Waals surface area contributed by atoms with E-state index in [0.717, 1.165) is 15.3 Å². The third-order valence-electron chi connectivity index (χ3n) is 6.38. The minimum atomic E-state index is -3.77. The maximum absolute atomic E-state index is 13.4. The number of hydrogen-bond donors (Lipinski definition) is 0. The van der Waals surface area contributed by atoms with E-state index in [9.17, 15) is 13.2 Å². The number of fused-ring (bicyclic) bond motifs is 1. The number of para-hydroxylation sites is 1. The molecular weight excluding hydrogens is 496 g/mol. The van der Waals surface area contributed by atoms with Crippen molar-refractivity contribution in [2.45, 2.75) is 23.8 Å². The third kappa shape index (κ3) is 4.24. The van der Waals surface area contributed by atoms with Crippen LogP contribution in [0.3, 0.4) is 0 Å². The van der Waals surface area contributed by atoms with E-state index in [0.29, 0.717) is 56.3 Å². The monoisotopic (exact) mass is 520 g/mol. The Balaban J connectivity index is 1.27. The van der Waals surface area contributed by atoms with Crippen molar-refractivity contribution < 1.29 is 17.9 Å². The number of ether oxygens (including phenoxy) is 1. The number of rotatable bonds is 5. The van der Waals surface area contributed by atoms with Crippen LogP contribution >= 0.6 is 22.9 Å². The summed E-state index contributed by atoms with van der Waals surface area (Å²) in [5.74, 6) is 0.461. The number of piperazine rings is 1. The number of sulfonamides is 1. The van der Waals surface area contributed by atoms with E-state index in [1.165, 1.54) is 23.5 Å². The first-order chi connectivity index (χ1) is 16.4. The van der Waals surface area contributed by atoms with Crippen molar-refractivity contribution in [3.8, 4) is 5.75 Å². The highest BCUT2D eigenvalue weighted by atomic mass is 35.5. The topological polar surface area (TPSA) is 83.0 Å². The molecule has 0 aliphatic carbocycles. The number of nitrogens with zero attached hydrogens (tertiary/aromatic N) is 4. The predicted molar refractivity (Wildman–Crippen MR) is 133 cm³/mol. The molecule has 3 heterocycles. The van der Waals surface area contributed by atoms with Gasteiger partial charge in [-0.2, -0.15) is 4.31 Å². The average Bonchev–Trinajstić information content (AvgIpc) is 3.53. The second-order valence-corrected chi connectivity index (χ2v) is 11.7. The second kappa shape index (κ2) is 9.33. The van der Waals surface area contributed by atoms with Gasteiger partial charge in [-0.1, -0.05) is 29.0 Å². The lowest BCUT2D eigenvalue weighted by atomic mass is 10.2. The standard InChI is InChI=1S/C23H25ClN4O4S2/c1-32-16-7-9-17(10-8-16)34(30,31)28-11-3-5-19(28)22(29)26-12-14-27(15-13-26)23-25-21-18(24)4-2-6-20(21)33-23/h2,4,6-10,19H,3,5,11-15H2,1H3. The van der Waals surface area contributed by atoms with E-state index in [-0.39, 0.29) is 10.8 Å². The summed E-state index contributed by atoms with van der Waals surface area (Å²) in [6.45, 7) is 2.67. The smallest absolute Gasteiger partial charge is 0.243 e. The molecule has 0 N–H and O–H groups in total. The molecule has 1 amide bonds. The van der Waals surface area contributed by atoms with Crippen molar-refractivity contribution in [3.63, 3.8) is 0 Å². The highest BCUT2D eigenvalue weighted by molar-refractivity contribution is 7.89. The molecule has 1 aromatic heterocycles. The van der Waals surface area contributed by atoms with Gasteiger partial charge in [0.2, 0.25) is 15.9 Å². The quantitative estimate of drug-likeness (QED) is 0.512. The van der Waals surface area contributed by atoms with Crippen LogP contribution in [0.4, 0.5) is 5.13 Å². The summed E-state index contributed by atoms with van der Waals surface area (Å²) < 4.78 is 34.1. The summed E-state index contributed by atoms with van der Waals surface area (Å²) in [4.78, 5) is 22.2. The number of anilines is 1. The van der Waals surface area contributed by atoms with E-state index >= 15 is 0 Å². The summed E-state index contributed by atoms with van der Waals surface area (Å²) in [6, 6.07) is 11.4. The molecular formula is C23H25ClN4O4S2. The number of halogens is 1. The Kier molecular flexibility index (Phi) is 6.41. The van der Waals surface area contributed by atoms with Gasteiger partial charge in [-0.05, 0) is 49.2 Å². The molecule has 0 radical (unpaired) electrons. The Bertz CT molecular complexity index is 1300. The Hall–Kier alpha value is -2.40. The average molecular weight is 521 g/mol. The Morgan fingerprint density at radius 2 is 1.82 bits per heavy atom. The Morgan fingerprint density at radius 3 is 2.50 bits per heavy atom. The van der Waals surface area contributed by atoms with Gasteiger partial charge in [0.25, 0.3) is 0 Å². The van der Waals surface area contributed by atoms with Gasteiger partial charge in [0.1, 0.15) is 17.3 Å². The van der Waals surface area contributed by atoms with Crippen molar-refractivity contribution in [2.24, 2.45) is 0 Å². The number of benzene rings is 2. The van der Waals surface area contributed by atoms with Crippen LogP contribution in [0.2, 0.25) is 5.02 Å². The minimum Gasteiger partial charge on any atom is -0.497 e. The number of thiazole rings is 1. The molecule has 2 fully saturated rings. The molecule has 11 heteroatoms. The number of hydrogen-bond acceptors (Lipinski definition) is 7. The second-order valence-electron chi connectivity index (χ2n) is 8.34. The fourth-order valence-corrected chi connectivity index (χ4v) is 7.49. The zero-order valence-electron chi connectivity index (χ0n) is 18.7. The zero-order chi connectivity index (χ0) is 23.9. The first-order valence-corrected chi connectivity index (χ1v) is 13.8. The van der Waals surface area contributed by atoms with Gasteiger partial charge in [0.05, 0.1) is 21.7 Å². The summed E-state index contributed by atoms with van der Waals surface area (Å²) in [5, 5.41) is 1.52. The van der Waals surface area contributed by atoms with Crippen molar-refractivity contribution in [2.75, 3.05) is 44.7 Å². The van der Waals surface area contributed by atoms with E-state index in [1.807, 2.05) is 18.2 Å². The summed E-state index contributed by atoms with van der Waals surface area (Å²) in [6.07, 6.45) is 1.20. The molecule has 2 saturated heterocycles. The Labute approximate surface area is 207 Å². The number of carbonyl (C=O) groups excluding carboxylic acids is 1. The van der Waals surface area contributed by atoms with Gasteiger partial charge in [-0.25, -0.2) is 13.4 Å². The van der Waals surface area contributed by atoms with E-state index in [4.69, 9.17) is 16.3 Å². The molecule has 1 atom stereocenters. The van der Waals surface area contributed by atoms with Crippen LogP contribution in [0.25, 0.3) is 10.2 Å². The third-order valence-corrected chi connectivity index (χ3v) is 9.68. The molecule has 0 bridgehead atoms. The van der Waals surface area contributed by atoms with Gasteiger partial charge < -0.3 is 14.5 Å². The molecule has 180 valence electrons. The van der Waals surface area contributed by atoms with E-state index in [2.05, 4.69) is 9.88 Å². The van der Waals surface area contributed by atoms with Crippen molar-refractivity contribution in [3.05, 3.63) is 47.5 Å². The molecule has 2 aliphatic heterocycles. The number of aromatic nitrogens is 1.